The molecular weight excluding hydrogens is 348 g/mol. The van der Waals surface area contributed by atoms with E-state index in [-0.39, 0.29) is 40.1 Å². The van der Waals surface area contributed by atoms with Crippen LogP contribution in [-0.2, 0) is 16.2 Å². The van der Waals surface area contributed by atoms with Gasteiger partial charge in [0.25, 0.3) is 0 Å². The van der Waals surface area contributed by atoms with Crippen molar-refractivity contribution in [3.05, 3.63) is 52.8 Å². The molecule has 0 fully saturated rings. The van der Waals surface area contributed by atoms with Gasteiger partial charge in [-0.05, 0) is 24.3 Å². The number of methoxy groups -OCH3 is 1. The highest BCUT2D eigenvalue weighted by Gasteiger charge is 2.21. The summed E-state index contributed by atoms with van der Waals surface area (Å²) in [6.07, 6.45) is 1.50. The molecule has 0 aliphatic rings. The van der Waals surface area contributed by atoms with Crippen molar-refractivity contribution in [3.8, 4) is 11.5 Å². The highest BCUT2D eigenvalue weighted by Crippen LogP contribution is 2.40. The Morgan fingerprint density at radius 3 is 2.63 bits per heavy atom. The number of benzene rings is 2. The molecule has 2 aromatic carbocycles. The normalized spacial score (nSPS) is 11.6. The van der Waals surface area contributed by atoms with Crippen molar-refractivity contribution in [1.29, 1.82) is 0 Å². The first-order valence-electron chi connectivity index (χ1n) is 8.45. The van der Waals surface area contributed by atoms with Crippen LogP contribution in [0.2, 0.25) is 0 Å². The average Bonchev–Trinajstić information content (AvgIpc) is 2.70. The number of nitrogens with zero attached hydrogens (tertiary/aromatic N) is 2. The molecule has 7 nitrogen and oxygen atoms in total. The number of aromatic hydroxyl groups is 2. The van der Waals surface area contributed by atoms with E-state index in [0.717, 1.165) is 0 Å². The van der Waals surface area contributed by atoms with E-state index >= 15 is 0 Å². The van der Waals surface area contributed by atoms with Gasteiger partial charge in [-0.1, -0.05) is 12.1 Å². The summed E-state index contributed by atoms with van der Waals surface area (Å²) in [5.74, 6) is -0.371. The van der Waals surface area contributed by atoms with Gasteiger partial charge < -0.3 is 24.3 Å². The summed E-state index contributed by atoms with van der Waals surface area (Å²) < 4.78 is 12.3. The van der Waals surface area contributed by atoms with Crippen LogP contribution in [0, 0.1) is 0 Å². The first-order chi connectivity index (χ1) is 13.1. The van der Waals surface area contributed by atoms with Crippen LogP contribution in [0.15, 0.2) is 47.4 Å². The van der Waals surface area contributed by atoms with Crippen LogP contribution in [0.4, 0.5) is 0 Å². The molecule has 4 aromatic rings. The first kappa shape index (κ1) is 17.3. The van der Waals surface area contributed by atoms with E-state index in [2.05, 4.69) is 4.98 Å². The summed E-state index contributed by atoms with van der Waals surface area (Å²) in [4.78, 5) is 17.2. The van der Waals surface area contributed by atoms with Gasteiger partial charge in [-0.25, -0.2) is 0 Å². The number of hydrogen-bond donors (Lipinski definition) is 2. The SMILES string of the molecule is COCCOCn1c2ccccc2c(=O)c2c(O)c3ncccc3c(O)c21. The summed E-state index contributed by atoms with van der Waals surface area (Å²) in [7, 11) is 1.58. The van der Waals surface area contributed by atoms with Crippen molar-refractivity contribution in [1.82, 2.24) is 9.55 Å². The number of aromatic nitrogens is 2. The third kappa shape index (κ3) is 2.68. The number of hydrogen-bond acceptors (Lipinski definition) is 6. The molecule has 4 rings (SSSR count). The molecule has 2 N–H and O–H groups in total. The minimum absolute atomic E-state index is 0.0211. The monoisotopic (exact) mass is 366 g/mol. The van der Waals surface area contributed by atoms with Gasteiger partial charge in [0, 0.05) is 24.1 Å². The lowest BCUT2D eigenvalue weighted by Crippen LogP contribution is -2.15. The van der Waals surface area contributed by atoms with E-state index in [1.807, 2.05) is 0 Å². The maximum absolute atomic E-state index is 13.1. The first-order valence-corrected chi connectivity index (χ1v) is 8.45. The number of fused-ring (bicyclic) bond motifs is 3. The molecule has 0 bridgehead atoms. The van der Waals surface area contributed by atoms with Gasteiger partial charge in [-0.2, -0.15) is 0 Å². The summed E-state index contributed by atoms with van der Waals surface area (Å²) in [6.45, 7) is 0.847. The Morgan fingerprint density at radius 1 is 1.04 bits per heavy atom. The highest BCUT2D eigenvalue weighted by molar-refractivity contribution is 6.10. The second kappa shape index (κ2) is 6.86. The zero-order chi connectivity index (χ0) is 19.0. The van der Waals surface area contributed by atoms with Crippen molar-refractivity contribution in [2.24, 2.45) is 0 Å². The lowest BCUT2D eigenvalue weighted by molar-refractivity contribution is 0.0374. The van der Waals surface area contributed by atoms with Crippen LogP contribution < -0.4 is 5.43 Å². The molecule has 0 aliphatic carbocycles. The van der Waals surface area contributed by atoms with E-state index in [4.69, 9.17) is 9.47 Å². The summed E-state index contributed by atoms with van der Waals surface area (Å²) in [5, 5.41) is 22.5. The van der Waals surface area contributed by atoms with Gasteiger partial charge in [0.1, 0.15) is 23.5 Å². The molecule has 7 heteroatoms. The van der Waals surface area contributed by atoms with Crippen LogP contribution >= 0.6 is 0 Å². The topological polar surface area (TPSA) is 93.8 Å². The zero-order valence-corrected chi connectivity index (χ0v) is 14.7. The van der Waals surface area contributed by atoms with Crippen LogP contribution in [-0.4, -0.2) is 40.1 Å². The van der Waals surface area contributed by atoms with Crippen molar-refractivity contribution in [2.45, 2.75) is 6.73 Å². The van der Waals surface area contributed by atoms with E-state index in [0.29, 0.717) is 29.5 Å². The van der Waals surface area contributed by atoms with Crippen molar-refractivity contribution < 1.29 is 19.7 Å². The van der Waals surface area contributed by atoms with Crippen molar-refractivity contribution >= 4 is 32.7 Å². The van der Waals surface area contributed by atoms with Gasteiger partial charge in [0.05, 0.1) is 24.1 Å². The fourth-order valence-electron chi connectivity index (χ4n) is 3.33. The standard InChI is InChI=1S/C20H18N2O5/c1-26-9-10-27-11-22-14-7-3-2-5-12(14)18(23)15-17(22)19(24)13-6-4-8-21-16(13)20(15)25/h2-8,24-25H,9-11H2,1H3. The van der Waals surface area contributed by atoms with E-state index in [9.17, 15) is 15.0 Å². The summed E-state index contributed by atoms with van der Waals surface area (Å²) in [5.41, 5.74) is 0.635. The molecule has 138 valence electrons. The molecule has 0 amide bonds. The minimum atomic E-state index is -0.367. The maximum Gasteiger partial charge on any atom is 0.201 e. The molecular formula is C20H18N2O5. The number of para-hydroxylation sites is 1. The molecule has 0 unspecified atom stereocenters. The van der Waals surface area contributed by atoms with E-state index in [1.165, 1.54) is 6.20 Å². The van der Waals surface area contributed by atoms with Crippen LogP contribution in [0.5, 0.6) is 11.5 Å². The summed E-state index contributed by atoms with van der Waals surface area (Å²) >= 11 is 0. The molecule has 0 spiro atoms. The Kier molecular flexibility index (Phi) is 4.39. The largest absolute Gasteiger partial charge is 0.505 e. The molecule has 2 aromatic heterocycles. The lowest BCUT2D eigenvalue weighted by Gasteiger charge is -2.18. The Bertz CT molecular complexity index is 1220. The number of ether oxygens (including phenoxy) is 2. The Hall–Kier alpha value is -3.16. The predicted molar refractivity (Wildman–Crippen MR) is 102 cm³/mol. The van der Waals surface area contributed by atoms with Gasteiger partial charge in [-0.15, -0.1) is 0 Å². The fraction of sp³-hybridized carbons (Fsp3) is 0.200. The second-order valence-electron chi connectivity index (χ2n) is 6.12. The molecule has 0 radical (unpaired) electrons. The molecule has 27 heavy (non-hydrogen) atoms. The minimum Gasteiger partial charge on any atom is -0.505 e. The number of pyridine rings is 2. The van der Waals surface area contributed by atoms with Gasteiger partial charge >= 0.3 is 0 Å². The van der Waals surface area contributed by atoms with Crippen LogP contribution in [0.3, 0.4) is 0 Å². The smallest absolute Gasteiger partial charge is 0.201 e. The predicted octanol–water partition coefficient (Wildman–Crippen LogP) is 2.73. The lowest BCUT2D eigenvalue weighted by atomic mass is 10.0. The Balaban J connectivity index is 2.13. The van der Waals surface area contributed by atoms with Gasteiger partial charge in [0.15, 0.2) is 5.75 Å². The molecule has 0 saturated carbocycles. The van der Waals surface area contributed by atoms with E-state index in [1.54, 1.807) is 48.1 Å². The third-order valence-electron chi connectivity index (χ3n) is 4.57. The highest BCUT2D eigenvalue weighted by atomic mass is 16.5. The average molecular weight is 366 g/mol. The number of rotatable bonds is 5. The third-order valence-corrected chi connectivity index (χ3v) is 4.57. The molecule has 2 heterocycles. The number of phenols is 2. The quantitative estimate of drug-likeness (QED) is 0.320. The van der Waals surface area contributed by atoms with Crippen molar-refractivity contribution in [2.75, 3.05) is 20.3 Å². The second-order valence-corrected chi connectivity index (χ2v) is 6.12. The molecule has 0 aliphatic heterocycles. The van der Waals surface area contributed by atoms with E-state index < -0.39 is 0 Å². The molecule has 0 atom stereocenters. The Morgan fingerprint density at radius 2 is 1.81 bits per heavy atom. The summed E-state index contributed by atoms with van der Waals surface area (Å²) in [6, 6.07) is 10.3. The maximum atomic E-state index is 13.1. The van der Waals surface area contributed by atoms with Crippen molar-refractivity contribution in [3.63, 3.8) is 0 Å². The fourth-order valence-corrected chi connectivity index (χ4v) is 3.33. The zero-order valence-electron chi connectivity index (χ0n) is 14.7. The van der Waals surface area contributed by atoms with Gasteiger partial charge in [0.2, 0.25) is 5.43 Å². The van der Waals surface area contributed by atoms with Crippen LogP contribution in [0.1, 0.15) is 0 Å². The number of phenolic OH excluding ortho intramolecular Hbond substituents is 2. The van der Waals surface area contributed by atoms with Gasteiger partial charge in [-0.3, -0.25) is 9.78 Å². The molecule has 0 saturated heterocycles. The Labute approximate surface area is 154 Å². The van der Waals surface area contributed by atoms with Crippen LogP contribution in [0.25, 0.3) is 32.7 Å².